The van der Waals surface area contributed by atoms with Gasteiger partial charge in [0.25, 0.3) is 0 Å². The molecule has 0 aromatic heterocycles. The van der Waals surface area contributed by atoms with Gasteiger partial charge in [0.1, 0.15) is 20.4 Å². The minimum atomic E-state index is -2.32. The standard InChI is InChI=1S/C48H70OSi/c1-13-18-20-22-34-29-35(23-21-19-14-2)44(49-28-15-3)41(30-34)50(16-4,17-5)45-40-33-47(9,10)27-26-39(40)43-42(45)38-25-24-37(46(6,7)8)31-36(38)32-48(43,11)12/h15,24-25,29-33,45H,3,13-14,16-23,26-28H2,1-2,4-12H3. The van der Waals surface area contributed by atoms with Gasteiger partial charge in [0.2, 0.25) is 0 Å². The third-order valence-corrected chi connectivity index (χ3v) is 18.2. The fourth-order valence-electron chi connectivity index (χ4n) is 9.72. The van der Waals surface area contributed by atoms with Gasteiger partial charge in [-0.05, 0) is 104 Å². The van der Waals surface area contributed by atoms with Crippen LogP contribution < -0.4 is 20.4 Å². The zero-order valence-electron chi connectivity index (χ0n) is 34.0. The van der Waals surface area contributed by atoms with Crippen LogP contribution >= 0.6 is 0 Å². The molecule has 0 bridgehead atoms. The molecule has 0 heterocycles. The maximum atomic E-state index is 6.94. The lowest BCUT2D eigenvalue weighted by atomic mass is 9.72. The molecular weight excluding hydrogens is 621 g/mol. The summed E-state index contributed by atoms with van der Waals surface area (Å²) in [7, 11) is -2.32. The molecular formula is C48H70OSi. The molecule has 0 radical (unpaired) electrons. The Kier molecular flexibility index (Phi) is 11.7. The second-order valence-corrected chi connectivity index (χ2v) is 23.1. The number of hydrogen-bond acceptors (Lipinski definition) is 1. The van der Waals surface area contributed by atoms with Crippen LogP contribution in [0.2, 0.25) is 17.6 Å². The van der Waals surface area contributed by atoms with E-state index in [1.165, 1.54) is 96.3 Å². The van der Waals surface area contributed by atoms with Crippen LogP contribution in [0.1, 0.15) is 144 Å². The van der Waals surface area contributed by atoms with Crippen LogP contribution in [0, 0.1) is 10.8 Å². The van der Waals surface area contributed by atoms with E-state index in [0.717, 1.165) is 12.8 Å². The Hall–Kier alpha value is -2.58. The normalized spacial score (nSPS) is 19.4. The minimum absolute atomic E-state index is 0.0272. The van der Waals surface area contributed by atoms with Crippen molar-refractivity contribution in [3.8, 4) is 5.75 Å². The Morgan fingerprint density at radius 3 is 2.18 bits per heavy atom. The van der Waals surface area contributed by atoms with E-state index >= 15 is 0 Å². The number of hydrogen-bond donors (Lipinski definition) is 0. The summed E-state index contributed by atoms with van der Waals surface area (Å²) in [5, 5.41) is 4.53. The molecule has 0 saturated carbocycles. The number of ether oxygens (including phenoxy) is 1. The van der Waals surface area contributed by atoms with Gasteiger partial charge in [-0.3, -0.25) is 0 Å². The van der Waals surface area contributed by atoms with Gasteiger partial charge in [0.15, 0.2) is 0 Å². The Morgan fingerprint density at radius 1 is 0.880 bits per heavy atom. The third-order valence-electron chi connectivity index (χ3n) is 12.5. The lowest BCUT2D eigenvalue weighted by Gasteiger charge is -2.43. The van der Waals surface area contributed by atoms with E-state index in [9.17, 15) is 0 Å². The Balaban J connectivity index is 1.89. The first-order valence-corrected chi connectivity index (χ1v) is 22.9. The van der Waals surface area contributed by atoms with E-state index in [2.05, 4.69) is 125 Å². The van der Waals surface area contributed by atoms with Gasteiger partial charge in [-0.25, -0.2) is 0 Å². The molecule has 0 saturated heterocycles. The van der Waals surface area contributed by atoms with Crippen LogP contribution in [0.25, 0.3) is 11.6 Å². The molecule has 3 aliphatic carbocycles. The highest BCUT2D eigenvalue weighted by molar-refractivity contribution is 6.95. The maximum Gasteiger partial charge on any atom is 0.122 e. The summed E-state index contributed by atoms with van der Waals surface area (Å²) < 4.78 is 6.94. The zero-order valence-corrected chi connectivity index (χ0v) is 35.0. The molecule has 5 rings (SSSR count). The van der Waals surface area contributed by atoms with E-state index in [-0.39, 0.29) is 16.2 Å². The van der Waals surface area contributed by atoms with E-state index < -0.39 is 8.07 Å². The van der Waals surface area contributed by atoms with Crippen molar-refractivity contribution in [1.29, 1.82) is 0 Å². The molecule has 1 unspecified atom stereocenters. The molecule has 1 atom stereocenters. The van der Waals surface area contributed by atoms with Crippen molar-refractivity contribution in [2.75, 3.05) is 6.61 Å². The second-order valence-electron chi connectivity index (χ2n) is 18.2. The molecule has 0 spiro atoms. The Morgan fingerprint density at radius 2 is 1.56 bits per heavy atom. The van der Waals surface area contributed by atoms with Gasteiger partial charge in [0.05, 0.1) is 0 Å². The van der Waals surface area contributed by atoms with Gasteiger partial charge in [-0.15, -0.1) is 0 Å². The minimum Gasteiger partial charge on any atom is -0.489 e. The van der Waals surface area contributed by atoms with Gasteiger partial charge in [-0.2, -0.15) is 0 Å². The van der Waals surface area contributed by atoms with Crippen LogP contribution in [-0.4, -0.2) is 14.7 Å². The first-order chi connectivity index (χ1) is 23.7. The number of rotatable bonds is 15. The molecule has 272 valence electrons. The van der Waals surface area contributed by atoms with E-state index in [1.54, 1.807) is 27.5 Å². The molecule has 0 aliphatic heterocycles. The fraction of sp³-hybridized carbons (Fsp3) is 0.583. The quantitative estimate of drug-likeness (QED) is 0.103. The maximum absolute atomic E-state index is 6.94. The molecule has 0 fully saturated rings. The van der Waals surface area contributed by atoms with Crippen molar-refractivity contribution in [2.24, 2.45) is 10.8 Å². The number of aryl methyl sites for hydroxylation is 2. The summed E-state index contributed by atoms with van der Waals surface area (Å²) in [6.45, 7) is 31.4. The molecule has 0 N–H and O–H groups in total. The first-order valence-electron chi connectivity index (χ1n) is 20.4. The average molecular weight is 691 g/mol. The van der Waals surface area contributed by atoms with Crippen molar-refractivity contribution in [2.45, 2.75) is 163 Å². The average Bonchev–Trinajstić information content (AvgIpc) is 3.39. The summed E-state index contributed by atoms with van der Waals surface area (Å²) in [5.41, 5.74) is 11.8. The van der Waals surface area contributed by atoms with Crippen molar-refractivity contribution < 1.29 is 4.74 Å². The summed E-state index contributed by atoms with van der Waals surface area (Å²) in [5.74, 6) is 1.21. The molecule has 2 heteroatoms. The SMILES string of the molecule is C=CCOc1c(CCCCC)cc(CCCCC)cc1[Si](CC)(CC)C1C2=CC(C)(C)CCC2=C2C1=c1ccc(C(C)(C)C)cc1=CC2(C)C. The number of fused-ring (bicyclic) bond motifs is 3. The lowest BCUT2D eigenvalue weighted by molar-refractivity contribution is 0.361. The number of benzene rings is 2. The fourth-order valence-corrected chi connectivity index (χ4v) is 15.0. The number of unbranched alkanes of at least 4 members (excludes halogenated alkanes) is 4. The van der Waals surface area contributed by atoms with Crippen LogP contribution in [0.3, 0.4) is 0 Å². The van der Waals surface area contributed by atoms with Crippen LogP contribution in [0.4, 0.5) is 0 Å². The predicted octanol–water partition coefficient (Wildman–Crippen LogP) is 11.8. The molecule has 2 aromatic carbocycles. The van der Waals surface area contributed by atoms with Crippen molar-refractivity contribution in [3.63, 3.8) is 0 Å². The third kappa shape index (κ3) is 7.35. The molecule has 3 aliphatic rings. The van der Waals surface area contributed by atoms with Gasteiger partial charge in [-0.1, -0.05) is 169 Å². The highest BCUT2D eigenvalue weighted by atomic mass is 28.3. The zero-order chi connectivity index (χ0) is 36.5. The van der Waals surface area contributed by atoms with Gasteiger partial charge < -0.3 is 4.74 Å². The molecule has 1 nitrogen and oxygen atoms in total. The smallest absolute Gasteiger partial charge is 0.122 e. The second kappa shape index (κ2) is 15.2. The van der Waals surface area contributed by atoms with Crippen LogP contribution in [0.15, 0.2) is 65.8 Å². The molecule has 50 heavy (non-hydrogen) atoms. The van der Waals surface area contributed by atoms with Gasteiger partial charge >= 0.3 is 0 Å². The Bertz CT molecular complexity index is 1750. The monoisotopic (exact) mass is 691 g/mol. The molecule has 2 aromatic rings. The molecule has 0 amide bonds. The number of allylic oxidation sites excluding steroid dienone is 4. The van der Waals surface area contributed by atoms with Crippen molar-refractivity contribution in [3.05, 3.63) is 92.9 Å². The summed E-state index contributed by atoms with van der Waals surface area (Å²) >= 11 is 0. The largest absolute Gasteiger partial charge is 0.489 e. The Labute approximate surface area is 308 Å². The predicted molar refractivity (Wildman–Crippen MR) is 223 cm³/mol. The highest BCUT2D eigenvalue weighted by Gasteiger charge is 2.54. The van der Waals surface area contributed by atoms with E-state index in [1.807, 2.05) is 6.08 Å². The van der Waals surface area contributed by atoms with Crippen molar-refractivity contribution >= 4 is 24.9 Å². The summed E-state index contributed by atoms with van der Waals surface area (Å²) in [6.07, 6.45) is 19.5. The van der Waals surface area contributed by atoms with Crippen LogP contribution in [-0.2, 0) is 18.3 Å². The van der Waals surface area contributed by atoms with Crippen LogP contribution in [0.5, 0.6) is 5.75 Å². The summed E-state index contributed by atoms with van der Waals surface area (Å²) in [4.78, 5) is 0. The topological polar surface area (TPSA) is 9.23 Å². The summed E-state index contributed by atoms with van der Waals surface area (Å²) in [6, 6.07) is 15.1. The van der Waals surface area contributed by atoms with E-state index in [4.69, 9.17) is 4.74 Å². The van der Waals surface area contributed by atoms with Gasteiger partial charge in [0, 0.05) is 11.0 Å². The van der Waals surface area contributed by atoms with E-state index in [0.29, 0.717) is 12.1 Å². The van der Waals surface area contributed by atoms with Crippen molar-refractivity contribution in [1.82, 2.24) is 0 Å². The lowest BCUT2D eigenvalue weighted by Crippen LogP contribution is -2.54. The first kappa shape index (κ1) is 38.6. The highest BCUT2D eigenvalue weighted by Crippen LogP contribution is 2.62.